The van der Waals surface area contributed by atoms with Crippen molar-refractivity contribution in [2.75, 3.05) is 6.54 Å². The molecule has 0 aliphatic rings. The molecule has 1 aromatic carbocycles. The molecule has 1 heterocycles. The molecule has 2 rings (SSSR count). The molecule has 0 saturated heterocycles. The maximum Gasteiger partial charge on any atom is 0.0834 e. The minimum atomic E-state index is 0.191. The van der Waals surface area contributed by atoms with Crippen LogP contribution in [0.15, 0.2) is 30.5 Å². The number of halogens is 1. The van der Waals surface area contributed by atoms with Gasteiger partial charge in [-0.1, -0.05) is 42.8 Å². The fourth-order valence-corrected chi connectivity index (χ4v) is 2.81. The van der Waals surface area contributed by atoms with Gasteiger partial charge in [-0.25, -0.2) is 0 Å². The molecular formula is C16H22ClN3. The van der Waals surface area contributed by atoms with Crippen molar-refractivity contribution in [3.8, 4) is 0 Å². The van der Waals surface area contributed by atoms with Crippen LogP contribution in [0.4, 0.5) is 0 Å². The lowest BCUT2D eigenvalue weighted by Crippen LogP contribution is -2.26. The van der Waals surface area contributed by atoms with E-state index < -0.39 is 0 Å². The van der Waals surface area contributed by atoms with Crippen molar-refractivity contribution in [3.05, 3.63) is 52.3 Å². The van der Waals surface area contributed by atoms with E-state index in [1.54, 1.807) is 6.20 Å². The van der Waals surface area contributed by atoms with Crippen LogP contribution in [0.5, 0.6) is 0 Å². The summed E-state index contributed by atoms with van der Waals surface area (Å²) in [5, 5.41) is 8.62. The summed E-state index contributed by atoms with van der Waals surface area (Å²) >= 11 is 6.34. The lowest BCUT2D eigenvalue weighted by molar-refractivity contribution is 0.490. The number of nitrogens with zero attached hydrogens (tertiary/aromatic N) is 2. The zero-order valence-corrected chi connectivity index (χ0v) is 13.1. The quantitative estimate of drug-likeness (QED) is 0.878. The number of hydrogen-bond donors (Lipinski definition) is 1. The first-order valence-corrected chi connectivity index (χ1v) is 7.54. The molecule has 0 aliphatic heterocycles. The van der Waals surface area contributed by atoms with Crippen LogP contribution in [0, 0.1) is 6.92 Å². The van der Waals surface area contributed by atoms with Gasteiger partial charge in [0.15, 0.2) is 0 Å². The SMILES string of the molecule is CCNC(Cc1ccccc1C)c1c(Cl)cnn1CC. The van der Waals surface area contributed by atoms with Crippen LogP contribution >= 0.6 is 11.6 Å². The average Bonchev–Trinajstić information content (AvgIpc) is 2.81. The van der Waals surface area contributed by atoms with Gasteiger partial charge in [0.25, 0.3) is 0 Å². The van der Waals surface area contributed by atoms with E-state index >= 15 is 0 Å². The Morgan fingerprint density at radius 1 is 1.30 bits per heavy atom. The number of benzene rings is 1. The van der Waals surface area contributed by atoms with Crippen LogP contribution in [0.1, 0.15) is 36.7 Å². The van der Waals surface area contributed by atoms with Crippen molar-refractivity contribution < 1.29 is 0 Å². The van der Waals surface area contributed by atoms with Crippen molar-refractivity contribution in [2.24, 2.45) is 0 Å². The zero-order valence-electron chi connectivity index (χ0n) is 12.4. The molecular weight excluding hydrogens is 270 g/mol. The standard InChI is InChI=1S/C16H22ClN3/c1-4-18-15(10-13-9-7-6-8-12(13)3)16-14(17)11-19-20(16)5-2/h6-9,11,15,18H,4-5,10H2,1-3H3. The van der Waals surface area contributed by atoms with Crippen LogP contribution in [0.25, 0.3) is 0 Å². The van der Waals surface area contributed by atoms with Crippen LogP contribution < -0.4 is 5.32 Å². The number of hydrogen-bond acceptors (Lipinski definition) is 2. The monoisotopic (exact) mass is 291 g/mol. The zero-order chi connectivity index (χ0) is 14.5. The van der Waals surface area contributed by atoms with E-state index in [-0.39, 0.29) is 6.04 Å². The highest BCUT2D eigenvalue weighted by Gasteiger charge is 2.20. The molecule has 1 atom stereocenters. The minimum absolute atomic E-state index is 0.191. The van der Waals surface area contributed by atoms with Gasteiger partial charge in [-0.3, -0.25) is 4.68 Å². The van der Waals surface area contributed by atoms with Crippen LogP contribution in [-0.4, -0.2) is 16.3 Å². The summed E-state index contributed by atoms with van der Waals surface area (Å²) in [7, 11) is 0. The summed E-state index contributed by atoms with van der Waals surface area (Å²) in [4.78, 5) is 0. The Hall–Kier alpha value is -1.32. The summed E-state index contributed by atoms with van der Waals surface area (Å²) in [5.41, 5.74) is 3.74. The number of likely N-dealkylation sites (N-methyl/N-ethyl adjacent to an activating group) is 1. The van der Waals surface area contributed by atoms with Gasteiger partial charge >= 0.3 is 0 Å². The largest absolute Gasteiger partial charge is 0.309 e. The molecule has 1 N–H and O–H groups in total. The Morgan fingerprint density at radius 3 is 2.70 bits per heavy atom. The van der Waals surface area contributed by atoms with E-state index in [0.717, 1.165) is 30.2 Å². The Morgan fingerprint density at radius 2 is 2.05 bits per heavy atom. The smallest absolute Gasteiger partial charge is 0.0834 e. The fourth-order valence-electron chi connectivity index (χ4n) is 2.54. The lowest BCUT2D eigenvalue weighted by atomic mass is 9.99. The van der Waals surface area contributed by atoms with Crippen molar-refractivity contribution in [1.82, 2.24) is 15.1 Å². The average molecular weight is 292 g/mol. The molecule has 0 bridgehead atoms. The molecule has 0 amide bonds. The summed E-state index contributed by atoms with van der Waals surface area (Å²) in [5.74, 6) is 0. The van der Waals surface area contributed by atoms with Crippen molar-refractivity contribution >= 4 is 11.6 Å². The fraction of sp³-hybridized carbons (Fsp3) is 0.438. The van der Waals surface area contributed by atoms with Gasteiger partial charge in [0.2, 0.25) is 0 Å². The van der Waals surface area contributed by atoms with Crippen molar-refractivity contribution in [3.63, 3.8) is 0 Å². The van der Waals surface area contributed by atoms with Gasteiger partial charge in [-0.2, -0.15) is 5.10 Å². The normalized spacial score (nSPS) is 12.6. The van der Waals surface area contributed by atoms with Gasteiger partial charge in [-0.05, 0) is 37.9 Å². The Bertz CT molecular complexity index is 563. The molecule has 2 aromatic rings. The van der Waals surface area contributed by atoms with Gasteiger partial charge in [-0.15, -0.1) is 0 Å². The summed E-state index contributed by atoms with van der Waals surface area (Å²) in [6, 6.07) is 8.68. The van der Waals surface area contributed by atoms with E-state index in [4.69, 9.17) is 11.6 Å². The predicted molar refractivity (Wildman–Crippen MR) is 84.2 cm³/mol. The third-order valence-electron chi connectivity index (χ3n) is 3.60. The number of aryl methyl sites for hydroxylation is 2. The van der Waals surface area contributed by atoms with E-state index in [0.29, 0.717) is 0 Å². The first kappa shape index (κ1) is 15.1. The van der Waals surface area contributed by atoms with Crippen molar-refractivity contribution in [2.45, 2.75) is 39.8 Å². The molecule has 0 spiro atoms. The second-order valence-corrected chi connectivity index (χ2v) is 5.34. The predicted octanol–water partition coefficient (Wildman–Crippen LogP) is 3.76. The van der Waals surface area contributed by atoms with Crippen LogP contribution in [0.2, 0.25) is 5.02 Å². The Labute approximate surface area is 126 Å². The highest BCUT2D eigenvalue weighted by molar-refractivity contribution is 6.31. The summed E-state index contributed by atoms with van der Waals surface area (Å²) in [6.07, 6.45) is 2.66. The Kier molecular flexibility index (Phi) is 5.21. The molecule has 20 heavy (non-hydrogen) atoms. The van der Waals surface area contributed by atoms with Gasteiger partial charge in [0.05, 0.1) is 23.0 Å². The van der Waals surface area contributed by atoms with E-state index in [1.807, 2.05) is 4.68 Å². The highest BCUT2D eigenvalue weighted by atomic mass is 35.5. The van der Waals surface area contributed by atoms with Gasteiger partial charge in [0, 0.05) is 6.54 Å². The Balaban J connectivity index is 2.32. The maximum absolute atomic E-state index is 6.34. The maximum atomic E-state index is 6.34. The third-order valence-corrected chi connectivity index (χ3v) is 3.89. The molecule has 4 heteroatoms. The summed E-state index contributed by atoms with van der Waals surface area (Å²) < 4.78 is 1.98. The number of aromatic nitrogens is 2. The van der Waals surface area contributed by atoms with Crippen LogP contribution in [0.3, 0.4) is 0 Å². The molecule has 1 unspecified atom stereocenters. The molecule has 0 fully saturated rings. The van der Waals surface area contributed by atoms with Crippen LogP contribution in [-0.2, 0) is 13.0 Å². The first-order chi connectivity index (χ1) is 9.67. The number of rotatable bonds is 6. The first-order valence-electron chi connectivity index (χ1n) is 7.16. The molecule has 0 aliphatic carbocycles. The van der Waals surface area contributed by atoms with E-state index in [9.17, 15) is 0 Å². The second kappa shape index (κ2) is 6.91. The second-order valence-electron chi connectivity index (χ2n) is 4.93. The molecule has 1 aromatic heterocycles. The molecule has 108 valence electrons. The van der Waals surface area contributed by atoms with Gasteiger partial charge < -0.3 is 5.32 Å². The third kappa shape index (κ3) is 3.22. The molecule has 0 saturated carbocycles. The highest BCUT2D eigenvalue weighted by Crippen LogP contribution is 2.26. The van der Waals surface area contributed by atoms with Crippen molar-refractivity contribution in [1.29, 1.82) is 0 Å². The molecule has 0 radical (unpaired) electrons. The number of nitrogens with one attached hydrogen (secondary N) is 1. The van der Waals surface area contributed by atoms with Gasteiger partial charge in [0.1, 0.15) is 0 Å². The summed E-state index contributed by atoms with van der Waals surface area (Å²) in [6.45, 7) is 8.09. The molecule has 3 nitrogen and oxygen atoms in total. The topological polar surface area (TPSA) is 29.9 Å². The van der Waals surface area contributed by atoms with E-state index in [2.05, 4.69) is 55.5 Å². The van der Waals surface area contributed by atoms with E-state index in [1.165, 1.54) is 11.1 Å². The lowest BCUT2D eigenvalue weighted by Gasteiger charge is -2.20. The minimum Gasteiger partial charge on any atom is -0.309 e.